The van der Waals surface area contributed by atoms with Crippen molar-refractivity contribution in [1.29, 1.82) is 0 Å². The molecule has 0 fully saturated rings. The van der Waals surface area contributed by atoms with Crippen molar-refractivity contribution in [3.63, 3.8) is 0 Å². The molecule has 0 aliphatic carbocycles. The minimum atomic E-state index is -4.55. The Balaban J connectivity index is 2.87. The smallest absolute Gasteiger partial charge is 0.416 e. The molecule has 0 radical (unpaired) electrons. The summed E-state index contributed by atoms with van der Waals surface area (Å²) in [4.78, 5) is 11.2. The fourth-order valence-electron chi connectivity index (χ4n) is 1.73. The van der Waals surface area contributed by atoms with E-state index in [-0.39, 0.29) is 17.9 Å². The summed E-state index contributed by atoms with van der Waals surface area (Å²) in [7, 11) is 0. The number of anilines is 1. The van der Waals surface area contributed by atoms with Gasteiger partial charge in [-0.15, -0.1) is 0 Å². The largest absolute Gasteiger partial charge is 0.466 e. The van der Waals surface area contributed by atoms with Crippen molar-refractivity contribution < 1.29 is 32.9 Å². The number of hydrogen-bond acceptors (Lipinski definition) is 5. The average molecular weight is 307 g/mol. The average Bonchev–Trinajstić information content (AvgIpc) is 2.36. The molecule has 0 saturated carbocycles. The first-order valence-electron chi connectivity index (χ1n) is 6.15. The van der Waals surface area contributed by atoms with Crippen molar-refractivity contribution in [2.75, 3.05) is 12.3 Å². The lowest BCUT2D eigenvalue weighted by Crippen LogP contribution is -2.24. The fourth-order valence-corrected chi connectivity index (χ4v) is 1.73. The summed E-state index contributed by atoms with van der Waals surface area (Å²) in [6.07, 6.45) is -8.16. The van der Waals surface area contributed by atoms with E-state index in [9.17, 15) is 28.2 Å². The van der Waals surface area contributed by atoms with Crippen LogP contribution in [0.15, 0.2) is 18.2 Å². The lowest BCUT2D eigenvalue weighted by Gasteiger charge is -2.20. The molecule has 1 aromatic carbocycles. The standard InChI is InChI=1S/C13H16F3NO4/c1-2-21-11(19)6-10(18)12(20)8-4-3-7(5-9(8)17)13(14,15)16/h3-5,10,12,18,20H,2,6,17H2,1H3. The van der Waals surface area contributed by atoms with Gasteiger partial charge in [-0.2, -0.15) is 13.2 Å². The lowest BCUT2D eigenvalue weighted by atomic mass is 9.99. The van der Waals surface area contributed by atoms with E-state index < -0.39 is 36.3 Å². The number of esters is 1. The van der Waals surface area contributed by atoms with E-state index in [0.29, 0.717) is 6.07 Å². The molecule has 0 saturated heterocycles. The van der Waals surface area contributed by atoms with Gasteiger partial charge in [-0.25, -0.2) is 0 Å². The number of ether oxygens (including phenoxy) is 1. The van der Waals surface area contributed by atoms with E-state index >= 15 is 0 Å². The van der Waals surface area contributed by atoms with E-state index in [1.54, 1.807) is 6.92 Å². The van der Waals surface area contributed by atoms with Gasteiger partial charge in [0.25, 0.3) is 0 Å². The number of hydrogen-bond donors (Lipinski definition) is 3. The highest BCUT2D eigenvalue weighted by molar-refractivity contribution is 5.70. The summed E-state index contributed by atoms with van der Waals surface area (Å²) in [5.74, 6) is -0.727. The van der Waals surface area contributed by atoms with Gasteiger partial charge in [0, 0.05) is 11.3 Å². The number of aliphatic hydroxyl groups is 2. The number of aliphatic hydroxyl groups excluding tert-OH is 2. The fraction of sp³-hybridized carbons (Fsp3) is 0.462. The molecule has 2 unspecified atom stereocenters. The zero-order valence-electron chi connectivity index (χ0n) is 11.2. The molecule has 0 aromatic heterocycles. The molecule has 0 amide bonds. The Bertz CT molecular complexity index is 505. The number of carbonyl (C=O) groups excluding carboxylic acids is 1. The van der Waals surface area contributed by atoms with E-state index in [1.807, 2.05) is 0 Å². The molecule has 118 valence electrons. The molecule has 2 atom stereocenters. The SMILES string of the molecule is CCOC(=O)CC(O)C(O)c1ccc(C(F)(F)F)cc1N. The Labute approximate surface area is 119 Å². The lowest BCUT2D eigenvalue weighted by molar-refractivity contribution is -0.147. The first-order valence-corrected chi connectivity index (χ1v) is 6.15. The van der Waals surface area contributed by atoms with Crippen LogP contribution < -0.4 is 5.73 Å². The normalized spacial score (nSPS) is 14.6. The summed E-state index contributed by atoms with van der Waals surface area (Å²) in [6, 6.07) is 2.37. The minimum Gasteiger partial charge on any atom is -0.466 e. The Kier molecular flexibility index (Phi) is 5.56. The molecule has 21 heavy (non-hydrogen) atoms. The van der Waals surface area contributed by atoms with Crippen molar-refractivity contribution in [3.8, 4) is 0 Å². The van der Waals surface area contributed by atoms with Crippen LogP contribution in [0, 0.1) is 0 Å². The maximum Gasteiger partial charge on any atom is 0.416 e. The van der Waals surface area contributed by atoms with E-state index in [1.165, 1.54) is 0 Å². The van der Waals surface area contributed by atoms with Gasteiger partial charge >= 0.3 is 12.1 Å². The van der Waals surface area contributed by atoms with Gasteiger partial charge in [0.05, 0.1) is 24.7 Å². The molecule has 5 nitrogen and oxygen atoms in total. The first-order chi connectivity index (χ1) is 9.66. The molecular formula is C13H16F3NO4. The highest BCUT2D eigenvalue weighted by Gasteiger charge is 2.32. The molecule has 0 heterocycles. The number of nitrogen functional groups attached to an aromatic ring is 1. The van der Waals surface area contributed by atoms with E-state index in [4.69, 9.17) is 5.73 Å². The van der Waals surface area contributed by atoms with Crippen LogP contribution >= 0.6 is 0 Å². The number of nitrogens with two attached hydrogens (primary N) is 1. The molecule has 0 bridgehead atoms. The van der Waals surface area contributed by atoms with Crippen LogP contribution in [0.25, 0.3) is 0 Å². The van der Waals surface area contributed by atoms with Crippen molar-refractivity contribution in [2.45, 2.75) is 31.7 Å². The highest BCUT2D eigenvalue weighted by atomic mass is 19.4. The number of rotatable bonds is 5. The maximum atomic E-state index is 12.5. The molecule has 0 spiro atoms. The summed E-state index contributed by atoms with van der Waals surface area (Å²) in [6.45, 7) is 1.69. The first kappa shape index (κ1) is 17.3. The van der Waals surface area contributed by atoms with Crippen LogP contribution in [0.5, 0.6) is 0 Å². The van der Waals surface area contributed by atoms with Crippen LogP contribution in [0.1, 0.15) is 30.6 Å². The Morgan fingerprint density at radius 1 is 1.38 bits per heavy atom. The van der Waals surface area contributed by atoms with Crippen LogP contribution in [0.2, 0.25) is 0 Å². The van der Waals surface area contributed by atoms with Gasteiger partial charge in [-0.1, -0.05) is 6.07 Å². The third-order valence-corrected chi connectivity index (χ3v) is 2.78. The predicted molar refractivity (Wildman–Crippen MR) is 68.1 cm³/mol. The predicted octanol–water partition coefficient (Wildman–Crippen LogP) is 1.64. The molecule has 0 aliphatic rings. The zero-order chi connectivity index (χ0) is 16.2. The van der Waals surface area contributed by atoms with Gasteiger partial charge in [0.2, 0.25) is 0 Å². The molecular weight excluding hydrogens is 291 g/mol. The number of carbonyl (C=O) groups is 1. The third kappa shape index (κ3) is 4.61. The van der Waals surface area contributed by atoms with Gasteiger partial charge < -0.3 is 20.7 Å². The van der Waals surface area contributed by atoms with Gasteiger partial charge in [0.15, 0.2) is 0 Å². The van der Waals surface area contributed by atoms with Crippen molar-refractivity contribution in [1.82, 2.24) is 0 Å². The second-order valence-electron chi connectivity index (χ2n) is 4.36. The van der Waals surface area contributed by atoms with Gasteiger partial charge in [-0.3, -0.25) is 4.79 Å². The Morgan fingerprint density at radius 3 is 2.48 bits per heavy atom. The third-order valence-electron chi connectivity index (χ3n) is 2.78. The molecule has 1 rings (SSSR count). The number of benzene rings is 1. The Morgan fingerprint density at radius 2 is 2.00 bits per heavy atom. The van der Waals surface area contributed by atoms with Gasteiger partial charge in [0.1, 0.15) is 6.10 Å². The van der Waals surface area contributed by atoms with Crippen molar-refractivity contribution >= 4 is 11.7 Å². The van der Waals surface area contributed by atoms with Crippen molar-refractivity contribution in [2.24, 2.45) is 0 Å². The van der Waals surface area contributed by atoms with E-state index in [2.05, 4.69) is 4.74 Å². The summed E-state index contributed by atoms with van der Waals surface area (Å²) in [5, 5.41) is 19.6. The summed E-state index contributed by atoms with van der Waals surface area (Å²) >= 11 is 0. The van der Waals surface area contributed by atoms with Crippen LogP contribution in [0.4, 0.5) is 18.9 Å². The van der Waals surface area contributed by atoms with Crippen LogP contribution in [-0.4, -0.2) is 28.9 Å². The van der Waals surface area contributed by atoms with Crippen LogP contribution in [0.3, 0.4) is 0 Å². The second-order valence-corrected chi connectivity index (χ2v) is 4.36. The molecule has 8 heteroatoms. The quantitative estimate of drug-likeness (QED) is 0.568. The summed E-state index contributed by atoms with van der Waals surface area (Å²) < 4.78 is 42.1. The molecule has 0 aliphatic heterocycles. The highest BCUT2D eigenvalue weighted by Crippen LogP contribution is 2.33. The Hall–Kier alpha value is -1.80. The van der Waals surface area contributed by atoms with Gasteiger partial charge in [-0.05, 0) is 19.1 Å². The zero-order valence-corrected chi connectivity index (χ0v) is 11.2. The van der Waals surface area contributed by atoms with E-state index in [0.717, 1.165) is 12.1 Å². The van der Waals surface area contributed by atoms with Crippen molar-refractivity contribution in [3.05, 3.63) is 29.3 Å². The van der Waals surface area contributed by atoms with Crippen LogP contribution in [-0.2, 0) is 15.7 Å². The maximum absolute atomic E-state index is 12.5. The summed E-state index contributed by atoms with van der Waals surface area (Å²) in [5.41, 5.74) is 4.09. The number of alkyl halides is 3. The minimum absolute atomic E-state index is 0.0835. The molecule has 4 N–H and O–H groups in total. The monoisotopic (exact) mass is 307 g/mol. The number of halogens is 3. The second kappa shape index (κ2) is 6.77. The molecule has 1 aromatic rings. The topological polar surface area (TPSA) is 92.8 Å².